The van der Waals surface area contributed by atoms with Gasteiger partial charge in [0.15, 0.2) is 0 Å². The third-order valence-electron chi connectivity index (χ3n) is 5.19. The number of rotatable bonds is 7. The number of nitrogens with one attached hydrogen (secondary N) is 1. The summed E-state index contributed by atoms with van der Waals surface area (Å²) in [6, 6.07) is 6.30. The molecule has 2 N–H and O–H groups in total. The molecule has 8 heteroatoms. The minimum Gasteiger partial charge on any atom is -0.481 e. The molecule has 0 heterocycles. The number of benzene rings is 1. The third-order valence-corrected chi connectivity index (χ3v) is 7.24. The molecule has 0 radical (unpaired) electrons. The fraction of sp³-hybridized carbons (Fsp3) is 0.579. The summed E-state index contributed by atoms with van der Waals surface area (Å²) in [5, 5.41) is 12.0. The highest BCUT2D eigenvalue weighted by atomic mass is 32.2. The first-order valence-corrected chi connectivity index (χ1v) is 10.6. The van der Waals surface area contributed by atoms with Gasteiger partial charge in [-0.1, -0.05) is 18.6 Å². The quantitative estimate of drug-likeness (QED) is 0.735. The van der Waals surface area contributed by atoms with Crippen molar-refractivity contribution in [2.24, 2.45) is 11.8 Å². The van der Waals surface area contributed by atoms with Gasteiger partial charge in [-0.25, -0.2) is 8.42 Å². The number of carbonyl (C=O) groups excluding carboxylic acids is 1. The van der Waals surface area contributed by atoms with Gasteiger partial charge in [0.05, 0.1) is 10.8 Å². The van der Waals surface area contributed by atoms with Gasteiger partial charge in [-0.2, -0.15) is 4.31 Å². The Hall–Kier alpha value is -1.93. The Labute approximate surface area is 160 Å². The molecule has 0 spiro atoms. The van der Waals surface area contributed by atoms with Gasteiger partial charge in [0, 0.05) is 25.6 Å². The second-order valence-electron chi connectivity index (χ2n) is 7.38. The number of sulfonamides is 1. The molecule has 1 saturated carbocycles. The van der Waals surface area contributed by atoms with E-state index in [0.717, 1.165) is 12.0 Å². The first kappa shape index (κ1) is 21.4. The van der Waals surface area contributed by atoms with E-state index in [9.17, 15) is 18.0 Å². The van der Waals surface area contributed by atoms with Crippen LogP contribution in [0.1, 0.15) is 45.1 Å². The molecule has 1 fully saturated rings. The molecule has 1 aromatic carbocycles. The highest BCUT2D eigenvalue weighted by molar-refractivity contribution is 7.89. The maximum atomic E-state index is 12.5. The van der Waals surface area contributed by atoms with E-state index in [4.69, 9.17) is 5.11 Å². The van der Waals surface area contributed by atoms with Gasteiger partial charge in [-0.15, -0.1) is 0 Å². The number of carboxylic acids is 1. The molecule has 0 aromatic heterocycles. The van der Waals surface area contributed by atoms with E-state index < -0.39 is 21.9 Å². The van der Waals surface area contributed by atoms with Crippen molar-refractivity contribution >= 4 is 21.9 Å². The lowest BCUT2D eigenvalue weighted by atomic mass is 9.81. The summed E-state index contributed by atoms with van der Waals surface area (Å²) in [6.07, 6.45) is 2.44. The second kappa shape index (κ2) is 8.84. The largest absolute Gasteiger partial charge is 0.481 e. The van der Waals surface area contributed by atoms with Crippen LogP contribution in [0.3, 0.4) is 0 Å². The van der Waals surface area contributed by atoms with E-state index >= 15 is 0 Å². The average Bonchev–Trinajstić information content (AvgIpc) is 2.65. The lowest BCUT2D eigenvalue weighted by Gasteiger charge is -2.25. The smallest absolute Gasteiger partial charge is 0.306 e. The number of hydrogen-bond donors (Lipinski definition) is 2. The van der Waals surface area contributed by atoms with E-state index in [1.807, 2.05) is 13.8 Å². The number of nitrogens with zero attached hydrogens (tertiary/aromatic N) is 1. The maximum Gasteiger partial charge on any atom is 0.306 e. The molecule has 0 bridgehead atoms. The van der Waals surface area contributed by atoms with Crippen LogP contribution in [-0.2, 0) is 26.2 Å². The number of aliphatic carboxylic acids is 1. The third kappa shape index (κ3) is 5.29. The van der Waals surface area contributed by atoms with Gasteiger partial charge in [-0.3, -0.25) is 9.59 Å². The zero-order valence-corrected chi connectivity index (χ0v) is 16.8. The van der Waals surface area contributed by atoms with Crippen molar-refractivity contribution in [3.05, 3.63) is 29.8 Å². The van der Waals surface area contributed by atoms with Crippen LogP contribution in [0.5, 0.6) is 0 Å². The van der Waals surface area contributed by atoms with Crippen LogP contribution in [0.15, 0.2) is 29.2 Å². The first-order chi connectivity index (χ1) is 12.6. The van der Waals surface area contributed by atoms with Crippen LogP contribution < -0.4 is 5.32 Å². The van der Waals surface area contributed by atoms with Crippen molar-refractivity contribution in [3.8, 4) is 0 Å². The minimum absolute atomic E-state index is 0.140. The molecule has 1 amide bonds. The highest BCUT2D eigenvalue weighted by Crippen LogP contribution is 2.29. The second-order valence-corrected chi connectivity index (χ2v) is 9.37. The van der Waals surface area contributed by atoms with Crippen molar-refractivity contribution in [2.75, 3.05) is 7.05 Å². The number of amides is 1. The summed E-state index contributed by atoms with van der Waals surface area (Å²) in [6.45, 7) is 3.90. The summed E-state index contributed by atoms with van der Waals surface area (Å²) < 4.78 is 26.2. The molecule has 1 aromatic rings. The molecule has 0 saturated heterocycles. The van der Waals surface area contributed by atoms with Crippen LogP contribution in [0.2, 0.25) is 0 Å². The molecule has 7 nitrogen and oxygen atoms in total. The van der Waals surface area contributed by atoms with Crippen molar-refractivity contribution in [3.63, 3.8) is 0 Å². The van der Waals surface area contributed by atoms with Crippen molar-refractivity contribution in [2.45, 2.75) is 57.0 Å². The summed E-state index contributed by atoms with van der Waals surface area (Å²) >= 11 is 0. The molecule has 0 aliphatic heterocycles. The molecule has 2 rings (SSSR count). The minimum atomic E-state index is -3.53. The highest BCUT2D eigenvalue weighted by Gasteiger charge is 2.30. The topological polar surface area (TPSA) is 104 Å². The van der Waals surface area contributed by atoms with Gasteiger partial charge in [0.2, 0.25) is 15.9 Å². The number of hydrogen-bond acceptors (Lipinski definition) is 4. The first-order valence-electron chi connectivity index (χ1n) is 9.20. The molecular weight excluding hydrogens is 368 g/mol. The Bertz CT molecular complexity index is 774. The predicted molar refractivity (Wildman–Crippen MR) is 101 cm³/mol. The van der Waals surface area contributed by atoms with Crippen LogP contribution >= 0.6 is 0 Å². The molecule has 2 atom stereocenters. The van der Waals surface area contributed by atoms with E-state index in [1.165, 1.54) is 16.4 Å². The summed E-state index contributed by atoms with van der Waals surface area (Å²) in [5.74, 6) is -1.70. The van der Waals surface area contributed by atoms with Gasteiger partial charge in [0.1, 0.15) is 0 Å². The predicted octanol–water partition coefficient (Wildman–Crippen LogP) is 2.22. The van der Waals surface area contributed by atoms with Crippen LogP contribution in [-0.4, -0.2) is 42.8 Å². The average molecular weight is 397 g/mol. The zero-order chi connectivity index (χ0) is 20.2. The maximum absolute atomic E-state index is 12.5. The standard InChI is InChI=1S/C19H28N2O5S/c1-13(2)21(3)27(25,26)17-9-7-14(8-10-17)12-20-18(22)15-5-4-6-16(11-15)19(23)24/h7-10,13,15-16H,4-6,11-12H2,1-3H3,(H,20,22)(H,23,24). The number of carbonyl (C=O) groups is 2. The van der Waals surface area contributed by atoms with Gasteiger partial charge >= 0.3 is 5.97 Å². The normalized spacial score (nSPS) is 20.6. The van der Waals surface area contributed by atoms with Gasteiger partial charge in [-0.05, 0) is 50.8 Å². The Balaban J connectivity index is 1.95. The lowest BCUT2D eigenvalue weighted by molar-refractivity contribution is -0.144. The fourth-order valence-electron chi connectivity index (χ4n) is 3.21. The Kier molecular flexibility index (Phi) is 7.00. The molecule has 1 aliphatic rings. The van der Waals surface area contributed by atoms with Crippen molar-refractivity contribution in [1.29, 1.82) is 0 Å². The van der Waals surface area contributed by atoms with Crippen LogP contribution in [0.25, 0.3) is 0 Å². The summed E-state index contributed by atoms with van der Waals surface area (Å²) in [4.78, 5) is 23.7. The fourth-order valence-corrected chi connectivity index (χ4v) is 4.58. The molecule has 1 aliphatic carbocycles. The van der Waals surface area contributed by atoms with E-state index in [0.29, 0.717) is 19.3 Å². The van der Waals surface area contributed by atoms with Crippen molar-refractivity contribution in [1.82, 2.24) is 9.62 Å². The SMILES string of the molecule is CC(C)N(C)S(=O)(=O)c1ccc(CNC(=O)C2CCCC(C(=O)O)C2)cc1. The molecule has 150 valence electrons. The summed E-state index contributed by atoms with van der Waals surface area (Å²) in [7, 11) is -1.98. The Morgan fingerprint density at radius 2 is 1.78 bits per heavy atom. The molecule has 2 unspecified atom stereocenters. The van der Waals surface area contributed by atoms with Crippen molar-refractivity contribution < 1.29 is 23.1 Å². The molecule has 27 heavy (non-hydrogen) atoms. The Morgan fingerprint density at radius 1 is 1.19 bits per heavy atom. The van der Waals surface area contributed by atoms with Gasteiger partial charge < -0.3 is 10.4 Å². The molecular formula is C19H28N2O5S. The lowest BCUT2D eigenvalue weighted by Crippen LogP contribution is -2.35. The van der Waals surface area contributed by atoms with E-state index in [-0.39, 0.29) is 29.3 Å². The monoisotopic (exact) mass is 396 g/mol. The number of carboxylic acid groups (broad SMARTS) is 1. The van der Waals surface area contributed by atoms with E-state index in [2.05, 4.69) is 5.32 Å². The summed E-state index contributed by atoms with van der Waals surface area (Å²) in [5.41, 5.74) is 0.792. The van der Waals surface area contributed by atoms with Crippen LogP contribution in [0, 0.1) is 11.8 Å². The van der Waals surface area contributed by atoms with E-state index in [1.54, 1.807) is 19.2 Å². The van der Waals surface area contributed by atoms with Crippen LogP contribution in [0.4, 0.5) is 0 Å². The van der Waals surface area contributed by atoms with Gasteiger partial charge in [0.25, 0.3) is 0 Å². The Morgan fingerprint density at radius 3 is 2.33 bits per heavy atom. The zero-order valence-electron chi connectivity index (χ0n) is 16.0.